The number of rotatable bonds is 5. The highest BCUT2D eigenvalue weighted by atomic mass is 19.1. The Bertz CT molecular complexity index is 537. The van der Waals surface area contributed by atoms with E-state index in [4.69, 9.17) is 4.74 Å². The van der Waals surface area contributed by atoms with Gasteiger partial charge in [0.15, 0.2) is 0 Å². The van der Waals surface area contributed by atoms with Crippen molar-refractivity contribution < 1.29 is 9.13 Å². The van der Waals surface area contributed by atoms with Gasteiger partial charge in [-0.05, 0) is 49.2 Å². The standard InChI is InChI=1S/C16H18FNO/c1-3-19-16-10-12(2)4-9-15(16)18-11-13-5-7-14(17)8-6-13/h4-10,18H,3,11H2,1-2H3. The fraction of sp³-hybridized carbons (Fsp3) is 0.250. The summed E-state index contributed by atoms with van der Waals surface area (Å²) in [6, 6.07) is 12.5. The number of hydrogen-bond donors (Lipinski definition) is 1. The van der Waals surface area contributed by atoms with Gasteiger partial charge in [0.2, 0.25) is 0 Å². The van der Waals surface area contributed by atoms with Gasteiger partial charge in [0, 0.05) is 6.54 Å². The van der Waals surface area contributed by atoms with E-state index in [2.05, 4.69) is 5.32 Å². The Morgan fingerprint density at radius 3 is 2.53 bits per heavy atom. The van der Waals surface area contributed by atoms with Gasteiger partial charge in [-0.25, -0.2) is 4.39 Å². The van der Waals surface area contributed by atoms with Crippen LogP contribution in [0.25, 0.3) is 0 Å². The van der Waals surface area contributed by atoms with E-state index in [1.807, 2.05) is 32.0 Å². The molecule has 2 aromatic rings. The number of benzene rings is 2. The molecule has 3 heteroatoms. The molecule has 0 atom stereocenters. The van der Waals surface area contributed by atoms with Crippen molar-refractivity contribution in [2.24, 2.45) is 0 Å². The highest BCUT2D eigenvalue weighted by Crippen LogP contribution is 2.26. The van der Waals surface area contributed by atoms with Gasteiger partial charge >= 0.3 is 0 Å². The molecule has 19 heavy (non-hydrogen) atoms. The highest BCUT2D eigenvalue weighted by molar-refractivity contribution is 5.57. The second-order valence-corrected chi connectivity index (χ2v) is 4.41. The summed E-state index contributed by atoms with van der Waals surface area (Å²) < 4.78 is 18.4. The third-order valence-corrected chi connectivity index (χ3v) is 2.83. The quantitative estimate of drug-likeness (QED) is 0.871. The maximum atomic E-state index is 12.8. The van der Waals surface area contributed by atoms with Crippen LogP contribution in [-0.4, -0.2) is 6.61 Å². The van der Waals surface area contributed by atoms with Crippen LogP contribution in [0.15, 0.2) is 42.5 Å². The number of ether oxygens (including phenoxy) is 1. The molecular formula is C16H18FNO. The van der Waals surface area contributed by atoms with Gasteiger partial charge in [-0.2, -0.15) is 0 Å². The van der Waals surface area contributed by atoms with Gasteiger partial charge < -0.3 is 10.1 Å². The van der Waals surface area contributed by atoms with E-state index >= 15 is 0 Å². The molecule has 2 rings (SSSR count). The lowest BCUT2D eigenvalue weighted by atomic mass is 10.2. The zero-order chi connectivity index (χ0) is 13.7. The van der Waals surface area contributed by atoms with Crippen LogP contribution in [-0.2, 0) is 6.54 Å². The van der Waals surface area contributed by atoms with Crippen LogP contribution in [0.2, 0.25) is 0 Å². The first-order chi connectivity index (χ1) is 9.19. The lowest BCUT2D eigenvalue weighted by Crippen LogP contribution is -2.03. The van der Waals surface area contributed by atoms with Crippen LogP contribution in [0.1, 0.15) is 18.1 Å². The zero-order valence-electron chi connectivity index (χ0n) is 11.2. The molecule has 0 aromatic heterocycles. The molecule has 1 N–H and O–H groups in total. The van der Waals surface area contributed by atoms with Crippen molar-refractivity contribution in [2.45, 2.75) is 20.4 Å². The van der Waals surface area contributed by atoms with Gasteiger partial charge in [0.05, 0.1) is 12.3 Å². The first-order valence-electron chi connectivity index (χ1n) is 6.41. The van der Waals surface area contributed by atoms with Crippen LogP contribution < -0.4 is 10.1 Å². The van der Waals surface area contributed by atoms with Crippen LogP contribution in [0, 0.1) is 12.7 Å². The molecular weight excluding hydrogens is 241 g/mol. The molecule has 0 spiro atoms. The molecule has 100 valence electrons. The van der Waals surface area contributed by atoms with Crippen molar-refractivity contribution in [1.29, 1.82) is 0 Å². The molecule has 0 unspecified atom stereocenters. The number of anilines is 1. The molecule has 0 aliphatic carbocycles. The fourth-order valence-electron chi connectivity index (χ4n) is 1.85. The van der Waals surface area contributed by atoms with Crippen LogP contribution in [0.4, 0.5) is 10.1 Å². The van der Waals surface area contributed by atoms with E-state index in [9.17, 15) is 4.39 Å². The third-order valence-electron chi connectivity index (χ3n) is 2.83. The maximum Gasteiger partial charge on any atom is 0.142 e. The first-order valence-corrected chi connectivity index (χ1v) is 6.41. The first kappa shape index (κ1) is 13.4. The molecule has 0 aliphatic heterocycles. The Labute approximate surface area is 113 Å². The molecule has 0 heterocycles. The zero-order valence-corrected chi connectivity index (χ0v) is 11.2. The van der Waals surface area contributed by atoms with E-state index < -0.39 is 0 Å². The summed E-state index contributed by atoms with van der Waals surface area (Å²) in [5, 5.41) is 3.31. The van der Waals surface area contributed by atoms with E-state index in [1.54, 1.807) is 12.1 Å². The molecule has 0 saturated heterocycles. The summed E-state index contributed by atoms with van der Waals surface area (Å²) in [5.74, 6) is 0.638. The van der Waals surface area contributed by atoms with Crippen molar-refractivity contribution in [1.82, 2.24) is 0 Å². The van der Waals surface area contributed by atoms with E-state index in [0.717, 1.165) is 22.6 Å². The summed E-state index contributed by atoms with van der Waals surface area (Å²) >= 11 is 0. The Morgan fingerprint density at radius 1 is 1.11 bits per heavy atom. The SMILES string of the molecule is CCOc1cc(C)ccc1NCc1ccc(F)cc1. The second-order valence-electron chi connectivity index (χ2n) is 4.41. The average molecular weight is 259 g/mol. The summed E-state index contributed by atoms with van der Waals surface area (Å²) in [4.78, 5) is 0. The summed E-state index contributed by atoms with van der Waals surface area (Å²) in [6.07, 6.45) is 0. The predicted octanol–water partition coefficient (Wildman–Crippen LogP) is 4.14. The van der Waals surface area contributed by atoms with E-state index in [1.165, 1.54) is 12.1 Å². The van der Waals surface area contributed by atoms with Gasteiger partial charge in [-0.15, -0.1) is 0 Å². The molecule has 2 nitrogen and oxygen atoms in total. The fourth-order valence-corrected chi connectivity index (χ4v) is 1.85. The summed E-state index contributed by atoms with van der Waals surface area (Å²) in [7, 11) is 0. The molecule has 0 aliphatic rings. The van der Waals surface area contributed by atoms with Crippen molar-refractivity contribution >= 4 is 5.69 Å². The van der Waals surface area contributed by atoms with Gasteiger partial charge in [0.1, 0.15) is 11.6 Å². The smallest absolute Gasteiger partial charge is 0.142 e. The third kappa shape index (κ3) is 3.71. The van der Waals surface area contributed by atoms with E-state index in [0.29, 0.717) is 13.2 Å². The second kappa shape index (κ2) is 6.23. The normalized spacial score (nSPS) is 10.3. The Morgan fingerprint density at radius 2 is 1.84 bits per heavy atom. The number of aryl methyl sites for hydroxylation is 1. The molecule has 0 fully saturated rings. The summed E-state index contributed by atoms with van der Waals surface area (Å²) in [5.41, 5.74) is 3.15. The monoisotopic (exact) mass is 259 g/mol. The van der Waals surface area contributed by atoms with Gasteiger partial charge in [-0.1, -0.05) is 18.2 Å². The van der Waals surface area contributed by atoms with Crippen molar-refractivity contribution in [3.8, 4) is 5.75 Å². The minimum absolute atomic E-state index is 0.214. The maximum absolute atomic E-state index is 12.8. The molecule has 0 radical (unpaired) electrons. The lowest BCUT2D eigenvalue weighted by molar-refractivity contribution is 0.341. The topological polar surface area (TPSA) is 21.3 Å². The Hall–Kier alpha value is -2.03. The van der Waals surface area contributed by atoms with Crippen molar-refractivity contribution in [2.75, 3.05) is 11.9 Å². The minimum Gasteiger partial charge on any atom is -0.492 e. The Balaban J connectivity index is 2.08. The number of halogens is 1. The van der Waals surface area contributed by atoms with Crippen molar-refractivity contribution in [3.63, 3.8) is 0 Å². The average Bonchev–Trinajstić information content (AvgIpc) is 2.40. The lowest BCUT2D eigenvalue weighted by Gasteiger charge is -2.13. The van der Waals surface area contributed by atoms with Gasteiger partial charge in [-0.3, -0.25) is 0 Å². The van der Waals surface area contributed by atoms with Crippen molar-refractivity contribution in [3.05, 3.63) is 59.4 Å². The Kier molecular flexibility index (Phi) is 4.39. The minimum atomic E-state index is -0.214. The molecule has 0 amide bonds. The van der Waals surface area contributed by atoms with Crippen LogP contribution >= 0.6 is 0 Å². The number of hydrogen-bond acceptors (Lipinski definition) is 2. The highest BCUT2D eigenvalue weighted by Gasteiger charge is 2.03. The molecule has 2 aromatic carbocycles. The van der Waals surface area contributed by atoms with Crippen LogP contribution in [0.5, 0.6) is 5.75 Å². The molecule has 0 bridgehead atoms. The number of nitrogens with one attached hydrogen (secondary N) is 1. The molecule has 0 saturated carbocycles. The summed E-state index contributed by atoms with van der Waals surface area (Å²) in [6.45, 7) is 5.27. The predicted molar refractivity (Wildman–Crippen MR) is 76.1 cm³/mol. The van der Waals surface area contributed by atoms with Crippen LogP contribution in [0.3, 0.4) is 0 Å². The van der Waals surface area contributed by atoms with Gasteiger partial charge in [0.25, 0.3) is 0 Å². The van der Waals surface area contributed by atoms with E-state index in [-0.39, 0.29) is 5.82 Å². The largest absolute Gasteiger partial charge is 0.492 e.